The van der Waals surface area contributed by atoms with Crippen LogP contribution in [0.3, 0.4) is 0 Å². The summed E-state index contributed by atoms with van der Waals surface area (Å²) in [5, 5.41) is 13.8. The molecule has 0 saturated heterocycles. The van der Waals surface area contributed by atoms with Gasteiger partial charge in [0.15, 0.2) is 5.78 Å². The van der Waals surface area contributed by atoms with E-state index in [-0.39, 0.29) is 11.5 Å². The van der Waals surface area contributed by atoms with Crippen molar-refractivity contribution in [1.29, 1.82) is 0 Å². The van der Waals surface area contributed by atoms with E-state index < -0.39 is 4.92 Å². The fraction of sp³-hybridized carbons (Fsp3) is 0.292. The van der Waals surface area contributed by atoms with Gasteiger partial charge in [-0.3, -0.25) is 14.9 Å². The number of nitrogens with zero attached hydrogens (tertiary/aromatic N) is 1. The van der Waals surface area contributed by atoms with E-state index in [1.165, 1.54) is 38.0 Å². The molecule has 0 unspecified atom stereocenters. The first-order valence-corrected chi connectivity index (χ1v) is 9.69. The molecule has 1 aromatic rings. The van der Waals surface area contributed by atoms with E-state index in [4.69, 9.17) is 0 Å². The summed E-state index contributed by atoms with van der Waals surface area (Å²) >= 11 is 0. The predicted octanol–water partition coefficient (Wildman–Crippen LogP) is 6.51. The van der Waals surface area contributed by atoms with Crippen LogP contribution in [0.15, 0.2) is 78.7 Å². The highest BCUT2D eigenvalue weighted by Crippen LogP contribution is 2.21. The number of allylic oxidation sites excluding steroid dienone is 6. The van der Waals surface area contributed by atoms with E-state index in [0.717, 1.165) is 22.4 Å². The summed E-state index contributed by atoms with van der Waals surface area (Å²) in [6, 6.07) is 6.24. The molecule has 0 amide bonds. The van der Waals surface area contributed by atoms with Gasteiger partial charge in [-0.1, -0.05) is 51.5 Å². The van der Waals surface area contributed by atoms with Gasteiger partial charge < -0.3 is 5.32 Å². The van der Waals surface area contributed by atoms with Gasteiger partial charge in [-0.15, -0.1) is 0 Å². The van der Waals surface area contributed by atoms with Gasteiger partial charge in [-0.05, 0) is 61.8 Å². The molecule has 0 radical (unpaired) electrons. The van der Waals surface area contributed by atoms with Crippen molar-refractivity contribution in [2.24, 2.45) is 0 Å². The Labute approximate surface area is 174 Å². The Morgan fingerprint density at radius 3 is 2.14 bits per heavy atom. The zero-order chi connectivity index (χ0) is 22.2. The lowest BCUT2D eigenvalue weighted by atomic mass is 10.0. The Kier molecular flexibility index (Phi) is 13.2. The number of nitro benzene ring substituents is 1. The number of non-ortho nitro benzene ring substituents is 1. The lowest BCUT2D eigenvalue weighted by molar-refractivity contribution is -0.384. The second-order valence-electron chi connectivity index (χ2n) is 6.22. The van der Waals surface area contributed by atoms with Crippen LogP contribution in [0.4, 0.5) is 5.69 Å². The maximum absolute atomic E-state index is 11.0. The van der Waals surface area contributed by atoms with Crippen molar-refractivity contribution in [3.63, 3.8) is 0 Å². The lowest BCUT2D eigenvalue weighted by Gasteiger charge is -2.10. The highest BCUT2D eigenvalue weighted by atomic mass is 16.6. The number of ketones is 1. The van der Waals surface area contributed by atoms with Crippen LogP contribution in [0.2, 0.25) is 0 Å². The minimum absolute atomic E-state index is 0.0411. The number of carbonyl (C=O) groups excluding carboxylic acids is 1. The Bertz CT molecular complexity index is 796. The molecule has 0 saturated carbocycles. The molecular weight excluding hydrogens is 364 g/mol. The zero-order valence-electron chi connectivity index (χ0n) is 18.1. The number of hydrogen-bond donors (Lipinski definition) is 1. The highest BCUT2D eigenvalue weighted by molar-refractivity contribution is 5.87. The van der Waals surface area contributed by atoms with Gasteiger partial charge in [0.25, 0.3) is 5.69 Å². The summed E-state index contributed by atoms with van der Waals surface area (Å²) < 4.78 is 0. The maximum Gasteiger partial charge on any atom is 0.269 e. The van der Waals surface area contributed by atoms with Crippen LogP contribution in [-0.4, -0.2) is 10.7 Å². The van der Waals surface area contributed by atoms with Crippen LogP contribution < -0.4 is 5.32 Å². The molecule has 0 aliphatic heterocycles. The average Bonchev–Trinajstić information content (AvgIpc) is 2.71. The molecule has 0 aliphatic carbocycles. The van der Waals surface area contributed by atoms with Gasteiger partial charge in [0.05, 0.1) is 4.92 Å². The summed E-state index contributed by atoms with van der Waals surface area (Å²) in [6.45, 7) is 13.7. The number of rotatable bonds is 9. The third kappa shape index (κ3) is 10.6. The molecule has 29 heavy (non-hydrogen) atoms. The van der Waals surface area contributed by atoms with E-state index in [9.17, 15) is 14.9 Å². The van der Waals surface area contributed by atoms with E-state index >= 15 is 0 Å². The highest BCUT2D eigenvalue weighted by Gasteiger charge is 2.06. The zero-order valence-corrected chi connectivity index (χ0v) is 18.1. The second kappa shape index (κ2) is 14.8. The van der Waals surface area contributed by atoms with E-state index in [0.29, 0.717) is 0 Å². The standard InChI is InChI=1S/C20H22N2O3.C4H10/c1-5-7-18(20(6-2)21-13-12-16(4)23)14-15(3)17-8-10-19(11-9-17)22(24)25;1-3-4-2/h5-14,21H,3H2,1-2,4H3;3-4H2,1-2H3/b7-5-,13-12+,18-14+,20-6-;. The van der Waals surface area contributed by atoms with Crippen LogP contribution in [-0.2, 0) is 4.79 Å². The normalized spacial score (nSPS) is 11.9. The number of nitro groups is 1. The van der Waals surface area contributed by atoms with Gasteiger partial charge >= 0.3 is 0 Å². The lowest BCUT2D eigenvalue weighted by Crippen LogP contribution is -2.07. The van der Waals surface area contributed by atoms with Crippen molar-refractivity contribution in [3.8, 4) is 0 Å². The molecular formula is C24H32N2O3. The Hall–Kier alpha value is -3.21. The first-order valence-electron chi connectivity index (χ1n) is 9.69. The van der Waals surface area contributed by atoms with Crippen molar-refractivity contribution >= 4 is 17.0 Å². The SMILES string of the molecule is C=C(/C=C(\C=C/C)C(=C/C)/N/C=C/C(C)=O)c1ccc([N+](=O)[O-])cc1.CCCC. The molecule has 0 heterocycles. The molecule has 1 N–H and O–H groups in total. The quantitative estimate of drug-likeness (QED) is 0.223. The van der Waals surface area contributed by atoms with Crippen LogP contribution >= 0.6 is 0 Å². The van der Waals surface area contributed by atoms with E-state index in [1.807, 2.05) is 38.2 Å². The second-order valence-corrected chi connectivity index (χ2v) is 6.22. The first-order chi connectivity index (χ1) is 13.8. The van der Waals surface area contributed by atoms with Crippen LogP contribution in [0.5, 0.6) is 0 Å². The summed E-state index contributed by atoms with van der Waals surface area (Å²) in [6.07, 6.45) is 13.3. The molecule has 5 nitrogen and oxygen atoms in total. The van der Waals surface area contributed by atoms with Crippen molar-refractivity contribution in [1.82, 2.24) is 5.32 Å². The summed E-state index contributed by atoms with van der Waals surface area (Å²) in [5.41, 5.74) is 3.25. The fourth-order valence-electron chi connectivity index (χ4n) is 2.05. The molecule has 156 valence electrons. The molecule has 1 aromatic carbocycles. The van der Waals surface area contributed by atoms with Gasteiger partial charge in [0.1, 0.15) is 0 Å². The molecule has 0 aliphatic rings. The molecule has 0 atom stereocenters. The van der Waals surface area contributed by atoms with Gasteiger partial charge in [-0.2, -0.15) is 0 Å². The minimum atomic E-state index is -0.434. The van der Waals surface area contributed by atoms with Crippen molar-refractivity contribution < 1.29 is 9.72 Å². The van der Waals surface area contributed by atoms with Crippen LogP contribution in [0.1, 0.15) is 53.0 Å². The third-order valence-corrected chi connectivity index (χ3v) is 3.78. The minimum Gasteiger partial charge on any atom is -0.361 e. The van der Waals surface area contributed by atoms with E-state index in [1.54, 1.807) is 18.3 Å². The topological polar surface area (TPSA) is 72.2 Å². The van der Waals surface area contributed by atoms with Crippen molar-refractivity contribution in [2.75, 3.05) is 0 Å². The number of hydrogen-bond acceptors (Lipinski definition) is 4. The largest absolute Gasteiger partial charge is 0.361 e. The number of nitrogens with one attached hydrogen (secondary N) is 1. The number of benzene rings is 1. The number of carbonyl (C=O) groups is 1. The maximum atomic E-state index is 11.0. The Balaban J connectivity index is 0.00000178. The Morgan fingerprint density at radius 1 is 1.14 bits per heavy atom. The van der Waals surface area contributed by atoms with Crippen LogP contribution in [0.25, 0.3) is 5.57 Å². The molecule has 0 fully saturated rings. The predicted molar refractivity (Wildman–Crippen MR) is 122 cm³/mol. The van der Waals surface area contributed by atoms with Crippen molar-refractivity contribution in [2.45, 2.75) is 47.5 Å². The molecule has 5 heteroatoms. The third-order valence-electron chi connectivity index (χ3n) is 3.78. The van der Waals surface area contributed by atoms with Crippen molar-refractivity contribution in [3.05, 3.63) is 94.4 Å². The molecule has 1 rings (SSSR count). The monoisotopic (exact) mass is 396 g/mol. The molecule has 0 aromatic heterocycles. The van der Waals surface area contributed by atoms with E-state index in [2.05, 4.69) is 25.7 Å². The van der Waals surface area contributed by atoms with Gasteiger partial charge in [0, 0.05) is 24.0 Å². The average molecular weight is 397 g/mol. The summed E-state index contributed by atoms with van der Waals surface area (Å²) in [4.78, 5) is 21.3. The van der Waals surface area contributed by atoms with Gasteiger partial charge in [0.2, 0.25) is 0 Å². The number of unbranched alkanes of at least 4 members (excludes halogenated alkanes) is 1. The fourth-order valence-corrected chi connectivity index (χ4v) is 2.05. The summed E-state index contributed by atoms with van der Waals surface area (Å²) in [7, 11) is 0. The molecule has 0 bridgehead atoms. The van der Waals surface area contributed by atoms with Gasteiger partial charge in [-0.25, -0.2) is 0 Å². The summed E-state index contributed by atoms with van der Waals surface area (Å²) in [5.74, 6) is -0.0465. The smallest absolute Gasteiger partial charge is 0.269 e. The van der Waals surface area contributed by atoms with Crippen LogP contribution in [0, 0.1) is 10.1 Å². The first kappa shape index (κ1) is 25.8. The Morgan fingerprint density at radius 2 is 1.72 bits per heavy atom. The molecule has 0 spiro atoms.